The van der Waals surface area contributed by atoms with E-state index >= 15 is 0 Å². The molecule has 0 unspecified atom stereocenters. The molecule has 0 amide bonds. The lowest BCUT2D eigenvalue weighted by Gasteiger charge is -2.15. The summed E-state index contributed by atoms with van der Waals surface area (Å²) in [4.78, 5) is 49.4. The minimum atomic E-state index is -1.86. The smallest absolute Gasteiger partial charge is 0.330 e. The number of hydrogen-bond acceptors (Lipinski definition) is 10. The number of hydrogen-bond donors (Lipinski definition) is 6. The lowest BCUT2D eigenvalue weighted by atomic mass is 10.1. The third-order valence-corrected chi connectivity index (χ3v) is 6.88. The lowest BCUT2D eigenvalue weighted by Crippen LogP contribution is -2.37. The normalized spacial score (nSPS) is 31.8. The van der Waals surface area contributed by atoms with Gasteiger partial charge in [-0.2, -0.15) is 0 Å². The average molecular weight is 744 g/mol. The topological polar surface area (TPSA) is 209 Å². The number of aliphatic hydroxyl groups excluding tert-OH is 4. The van der Waals surface area contributed by atoms with E-state index in [4.69, 9.17) is 19.7 Å². The highest BCUT2D eigenvalue weighted by atomic mass is 127. The van der Waals surface area contributed by atoms with E-state index in [0.29, 0.717) is 0 Å². The number of alkyl halides is 2. The van der Waals surface area contributed by atoms with Gasteiger partial charge < -0.3 is 29.9 Å². The fraction of sp³-hybridized carbons (Fsp3) is 0.556. The number of nitrogens with one attached hydrogen (secondary N) is 2. The molecule has 2 aromatic rings. The van der Waals surface area contributed by atoms with Gasteiger partial charge in [-0.25, -0.2) is 18.4 Å². The van der Waals surface area contributed by atoms with Crippen LogP contribution in [0.5, 0.6) is 0 Å². The second-order valence-corrected chi connectivity index (χ2v) is 9.98. The highest BCUT2D eigenvalue weighted by Gasteiger charge is 2.46. The first-order valence-electron chi connectivity index (χ1n) is 10.1. The average Bonchev–Trinajstić information content (AvgIpc) is 3.29. The first kappa shape index (κ1) is 29.0. The van der Waals surface area contributed by atoms with Crippen LogP contribution < -0.4 is 22.5 Å². The van der Waals surface area contributed by atoms with Gasteiger partial charge in [0.15, 0.2) is 24.8 Å². The summed E-state index contributed by atoms with van der Waals surface area (Å²) in [6.07, 6.45) is -9.39. The first-order chi connectivity index (χ1) is 16.9. The maximum atomic E-state index is 13.8. The zero-order valence-corrected chi connectivity index (χ0v) is 22.1. The molecule has 200 valence electrons. The van der Waals surface area contributed by atoms with Crippen LogP contribution in [0.1, 0.15) is 12.5 Å². The number of aromatic amines is 2. The third kappa shape index (κ3) is 5.79. The molecule has 2 saturated heterocycles. The minimum Gasteiger partial charge on any atom is -0.394 e. The maximum Gasteiger partial charge on any atom is 0.330 e. The van der Waals surface area contributed by atoms with Gasteiger partial charge in [0, 0.05) is 12.4 Å². The molecule has 18 heteroatoms. The fourth-order valence-corrected chi connectivity index (χ4v) is 4.33. The van der Waals surface area contributed by atoms with E-state index < -0.39 is 84.9 Å². The highest BCUT2D eigenvalue weighted by Crippen LogP contribution is 2.31. The summed E-state index contributed by atoms with van der Waals surface area (Å²) in [5.41, 5.74) is -2.83. The summed E-state index contributed by atoms with van der Waals surface area (Å²) < 4.78 is 39.7. The number of nitrogens with zero attached hydrogens (tertiary/aromatic N) is 2. The van der Waals surface area contributed by atoms with Crippen LogP contribution >= 0.6 is 45.2 Å². The summed E-state index contributed by atoms with van der Waals surface area (Å²) >= 11 is 3.37. The molecule has 2 fully saturated rings. The number of aromatic nitrogens is 4. The van der Waals surface area contributed by atoms with E-state index in [1.807, 2.05) is 9.97 Å². The van der Waals surface area contributed by atoms with Crippen molar-refractivity contribution in [1.82, 2.24) is 19.1 Å². The van der Waals surface area contributed by atoms with Crippen LogP contribution in [0.2, 0.25) is 0 Å². The summed E-state index contributed by atoms with van der Waals surface area (Å²) in [5.74, 6) is 0. The van der Waals surface area contributed by atoms with Crippen molar-refractivity contribution in [3.63, 3.8) is 0 Å². The van der Waals surface area contributed by atoms with Crippen LogP contribution in [0.3, 0.4) is 0 Å². The van der Waals surface area contributed by atoms with E-state index in [1.165, 1.54) is 0 Å². The number of rotatable bonds is 4. The number of aliphatic hydroxyl groups is 4. The van der Waals surface area contributed by atoms with Crippen molar-refractivity contribution in [3.05, 3.63) is 61.2 Å². The SMILES string of the molecule is O=c1[nH]c(=O)n([C@@H]2O[C@H](CO)[C@@H](O)[C@@H]2F)cc1I.O=c1[nH]c(=O)n([C@@H]2O[C@H](CO)[C@@H](O)[C@@H]2F)cc1I. The van der Waals surface area contributed by atoms with Gasteiger partial charge in [0.25, 0.3) is 11.1 Å². The molecule has 0 aromatic carbocycles. The number of ether oxygens (including phenoxy) is 2. The molecule has 0 saturated carbocycles. The molecule has 0 radical (unpaired) electrons. The quantitative estimate of drug-likeness (QED) is 0.181. The van der Waals surface area contributed by atoms with Gasteiger partial charge >= 0.3 is 11.4 Å². The zero-order valence-electron chi connectivity index (χ0n) is 17.8. The Labute approximate surface area is 225 Å². The monoisotopic (exact) mass is 744 g/mol. The molecule has 0 bridgehead atoms. The molecule has 4 heterocycles. The Morgan fingerprint density at radius 1 is 0.778 bits per heavy atom. The van der Waals surface area contributed by atoms with Gasteiger partial charge in [0.1, 0.15) is 24.4 Å². The molecule has 2 aliphatic rings. The summed E-state index contributed by atoms with van der Waals surface area (Å²) in [5, 5.41) is 36.7. The van der Waals surface area contributed by atoms with Crippen LogP contribution in [-0.4, -0.2) is 89.5 Å². The second kappa shape index (κ2) is 11.9. The van der Waals surface area contributed by atoms with E-state index in [2.05, 4.69) is 0 Å². The summed E-state index contributed by atoms with van der Waals surface area (Å²) in [6, 6.07) is 0. The van der Waals surface area contributed by atoms with Crippen molar-refractivity contribution in [3.8, 4) is 0 Å². The number of H-pyrrole nitrogens is 2. The van der Waals surface area contributed by atoms with Gasteiger partial charge in [0.05, 0.1) is 20.4 Å². The highest BCUT2D eigenvalue weighted by molar-refractivity contribution is 14.1. The molecule has 4 rings (SSSR count). The predicted octanol–water partition coefficient (Wildman–Crippen LogP) is -2.54. The maximum absolute atomic E-state index is 13.8. The molecular weight excluding hydrogens is 724 g/mol. The van der Waals surface area contributed by atoms with E-state index in [0.717, 1.165) is 21.5 Å². The van der Waals surface area contributed by atoms with Crippen LogP contribution in [0.25, 0.3) is 0 Å². The predicted molar refractivity (Wildman–Crippen MR) is 132 cm³/mol. The Kier molecular flexibility index (Phi) is 9.57. The summed E-state index contributed by atoms with van der Waals surface area (Å²) in [6.45, 7) is -1.12. The minimum absolute atomic E-state index is 0.185. The molecule has 8 atom stereocenters. The molecule has 0 aliphatic carbocycles. The van der Waals surface area contributed by atoms with Crippen LogP contribution in [0, 0.1) is 7.14 Å². The van der Waals surface area contributed by atoms with Crippen molar-refractivity contribution >= 4 is 45.2 Å². The fourth-order valence-electron chi connectivity index (χ4n) is 3.46. The van der Waals surface area contributed by atoms with Gasteiger partial charge in [-0.1, -0.05) is 0 Å². The van der Waals surface area contributed by atoms with Crippen molar-refractivity contribution < 1.29 is 38.7 Å². The second-order valence-electron chi connectivity index (χ2n) is 7.65. The van der Waals surface area contributed by atoms with Crippen LogP contribution in [0.15, 0.2) is 31.6 Å². The molecule has 2 aliphatic heterocycles. The standard InChI is InChI=1S/2C9H10FIN2O5/c2*10-5-6(15)4(2-14)18-8(5)13-1-3(11)7(16)12-9(13)17/h2*1,4-6,8,14-15H,2H2,(H,12,16,17)/t2*4-,5+,6-,8-/m11/s1. The van der Waals surface area contributed by atoms with Crippen molar-refractivity contribution in [2.24, 2.45) is 0 Å². The largest absolute Gasteiger partial charge is 0.394 e. The first-order valence-corrected chi connectivity index (χ1v) is 12.3. The van der Waals surface area contributed by atoms with Gasteiger partial charge in [0.2, 0.25) is 0 Å². The Hall–Kier alpha value is -1.56. The van der Waals surface area contributed by atoms with Crippen LogP contribution in [0.4, 0.5) is 8.78 Å². The lowest BCUT2D eigenvalue weighted by molar-refractivity contribution is -0.0492. The molecule has 36 heavy (non-hydrogen) atoms. The summed E-state index contributed by atoms with van der Waals surface area (Å²) in [7, 11) is 0. The Morgan fingerprint density at radius 3 is 1.39 bits per heavy atom. The van der Waals surface area contributed by atoms with Gasteiger partial charge in [-0.05, 0) is 45.2 Å². The molecule has 6 N–H and O–H groups in total. The van der Waals surface area contributed by atoms with E-state index in [-0.39, 0.29) is 7.14 Å². The molecule has 14 nitrogen and oxygen atoms in total. The van der Waals surface area contributed by atoms with E-state index in [9.17, 15) is 38.2 Å². The Bertz CT molecular complexity index is 1220. The third-order valence-electron chi connectivity index (χ3n) is 5.34. The van der Waals surface area contributed by atoms with Crippen LogP contribution in [-0.2, 0) is 9.47 Å². The van der Waals surface area contributed by atoms with Crippen molar-refractivity contribution in [2.75, 3.05) is 13.2 Å². The zero-order chi connectivity index (χ0) is 26.9. The molecule has 2 aromatic heterocycles. The van der Waals surface area contributed by atoms with E-state index in [1.54, 1.807) is 45.2 Å². The van der Waals surface area contributed by atoms with Gasteiger partial charge in [-0.15, -0.1) is 0 Å². The Balaban J connectivity index is 0.000000201. The Morgan fingerprint density at radius 2 is 1.11 bits per heavy atom. The molecular formula is C18H20F2I2N4O10. The van der Waals surface area contributed by atoms with Crippen molar-refractivity contribution in [1.29, 1.82) is 0 Å². The van der Waals surface area contributed by atoms with Gasteiger partial charge in [-0.3, -0.25) is 28.7 Å². The van der Waals surface area contributed by atoms with Crippen molar-refractivity contribution in [2.45, 2.75) is 49.2 Å². The number of halogens is 4. The molecule has 0 spiro atoms.